The van der Waals surface area contributed by atoms with Crippen molar-refractivity contribution in [2.45, 2.75) is 76.7 Å². The first-order valence-electron chi connectivity index (χ1n) is 12.6. The summed E-state index contributed by atoms with van der Waals surface area (Å²) in [7, 11) is -3.93. The van der Waals surface area contributed by atoms with Crippen LogP contribution in [0.5, 0.6) is 11.6 Å². The number of hydrogen-bond donors (Lipinski definition) is 1. The van der Waals surface area contributed by atoms with Crippen LogP contribution >= 0.6 is 11.6 Å². The zero-order chi connectivity index (χ0) is 27.2. The Bertz CT molecular complexity index is 1390. The maximum Gasteiger partial charge on any atom is 0.274 e. The second-order valence-electron chi connectivity index (χ2n) is 9.85. The van der Waals surface area contributed by atoms with Crippen molar-refractivity contribution in [3.05, 3.63) is 40.3 Å². The molecule has 1 saturated heterocycles. The van der Waals surface area contributed by atoms with Gasteiger partial charge in [-0.15, -0.1) is 0 Å². The van der Waals surface area contributed by atoms with Crippen molar-refractivity contribution in [1.29, 1.82) is 0 Å². The van der Waals surface area contributed by atoms with Crippen molar-refractivity contribution in [3.63, 3.8) is 0 Å². The molecule has 0 bridgehead atoms. The quantitative estimate of drug-likeness (QED) is 0.580. The number of fused-ring (bicyclic) bond motifs is 2. The molecule has 4 atom stereocenters. The summed E-state index contributed by atoms with van der Waals surface area (Å²) in [6, 6.07) is 2.51. The van der Waals surface area contributed by atoms with E-state index in [1.165, 1.54) is 25.1 Å². The number of aromatic nitrogens is 2. The molecule has 2 fully saturated rings. The minimum Gasteiger partial charge on any atom is -0.479 e. The molecule has 2 aromatic rings. The fraction of sp³-hybridized carbons (Fsp3) is 0.520. The lowest BCUT2D eigenvalue weighted by Gasteiger charge is -2.38. The van der Waals surface area contributed by atoms with Crippen LogP contribution in [-0.2, 0) is 14.8 Å². The highest BCUT2D eigenvalue weighted by Crippen LogP contribution is 2.41. The molecule has 0 spiro atoms. The van der Waals surface area contributed by atoms with E-state index in [1.54, 1.807) is 6.92 Å². The van der Waals surface area contributed by atoms with Gasteiger partial charge in [0.15, 0.2) is 11.5 Å². The summed E-state index contributed by atoms with van der Waals surface area (Å²) in [6.45, 7) is 3.00. The van der Waals surface area contributed by atoms with Crippen LogP contribution in [-0.4, -0.2) is 54.1 Å². The second-order valence-corrected chi connectivity index (χ2v) is 12.2. The molecule has 2 aliphatic heterocycles. The van der Waals surface area contributed by atoms with E-state index >= 15 is 0 Å². The van der Waals surface area contributed by atoms with Crippen LogP contribution in [0.25, 0.3) is 0 Å². The van der Waals surface area contributed by atoms with Crippen molar-refractivity contribution < 1.29 is 31.9 Å². The first kappa shape index (κ1) is 26.6. The summed E-state index contributed by atoms with van der Waals surface area (Å²) in [6.07, 6.45) is 3.37. The number of benzene rings is 1. The summed E-state index contributed by atoms with van der Waals surface area (Å²) >= 11 is 5.91. The number of carbonyl (C=O) groups is 2. The van der Waals surface area contributed by atoms with Gasteiger partial charge in [-0.1, -0.05) is 17.7 Å². The number of ether oxygens (including phenoxy) is 2. The standard InChI is InChI=1S/C25H28ClFN4O6S/c1-13(15-9-10-17(27)16(26)12-15)28-23(33)21-22-24(37-20-8-4-3-7-19(20)36-22)30-25(29-21)31-18(14(2)32)6-5-11-38(31,34)35/h9-10,12-13,18-20H,3-8,11H2,1-2H3,(H,28,33). The van der Waals surface area contributed by atoms with Gasteiger partial charge in [0.25, 0.3) is 11.8 Å². The van der Waals surface area contributed by atoms with Crippen molar-refractivity contribution in [3.8, 4) is 11.6 Å². The van der Waals surface area contributed by atoms with Crippen LogP contribution in [0.2, 0.25) is 5.02 Å². The number of nitrogens with one attached hydrogen (secondary N) is 1. The Labute approximate surface area is 224 Å². The van der Waals surface area contributed by atoms with E-state index in [4.69, 9.17) is 21.1 Å². The smallest absolute Gasteiger partial charge is 0.274 e. The van der Waals surface area contributed by atoms with Gasteiger partial charge < -0.3 is 14.8 Å². The molecule has 38 heavy (non-hydrogen) atoms. The number of rotatable bonds is 5. The minimum atomic E-state index is -3.93. The molecule has 10 nitrogen and oxygen atoms in total. The van der Waals surface area contributed by atoms with Gasteiger partial charge in [-0.05, 0) is 70.1 Å². The van der Waals surface area contributed by atoms with Crippen LogP contribution in [0.1, 0.15) is 74.5 Å². The molecule has 3 aliphatic rings. The van der Waals surface area contributed by atoms with Crippen LogP contribution in [0.3, 0.4) is 0 Å². The van der Waals surface area contributed by atoms with Crippen LogP contribution in [0.4, 0.5) is 10.3 Å². The Kier molecular flexibility index (Phi) is 7.21. The zero-order valence-electron chi connectivity index (χ0n) is 20.9. The van der Waals surface area contributed by atoms with Crippen LogP contribution in [0.15, 0.2) is 18.2 Å². The first-order valence-corrected chi connectivity index (χ1v) is 14.6. The highest BCUT2D eigenvalue weighted by Gasteiger charge is 2.43. The van der Waals surface area contributed by atoms with E-state index < -0.39 is 33.8 Å². The van der Waals surface area contributed by atoms with Crippen molar-refractivity contribution in [1.82, 2.24) is 15.3 Å². The molecule has 204 valence electrons. The van der Waals surface area contributed by atoms with E-state index in [1.807, 2.05) is 0 Å². The Morgan fingerprint density at radius 2 is 1.84 bits per heavy atom. The van der Waals surface area contributed by atoms with Crippen LogP contribution < -0.4 is 19.1 Å². The van der Waals surface area contributed by atoms with Crippen molar-refractivity contribution in [2.75, 3.05) is 10.1 Å². The largest absolute Gasteiger partial charge is 0.479 e. The molecule has 3 heterocycles. The third kappa shape index (κ3) is 5.03. The van der Waals surface area contributed by atoms with Crippen LogP contribution in [0, 0.1) is 5.82 Å². The molecule has 1 amide bonds. The van der Waals surface area contributed by atoms with E-state index in [-0.39, 0.29) is 52.0 Å². The maximum atomic E-state index is 13.6. The summed E-state index contributed by atoms with van der Waals surface area (Å²) in [4.78, 5) is 34.6. The van der Waals surface area contributed by atoms with E-state index in [0.717, 1.165) is 30.0 Å². The number of hydrogen-bond acceptors (Lipinski definition) is 8. The Morgan fingerprint density at radius 3 is 2.53 bits per heavy atom. The normalized spacial score (nSPS) is 24.7. The molecule has 13 heteroatoms. The number of sulfonamides is 1. The van der Waals surface area contributed by atoms with Crippen molar-refractivity contribution >= 4 is 39.3 Å². The van der Waals surface area contributed by atoms with Gasteiger partial charge in [0.05, 0.1) is 16.8 Å². The third-order valence-corrected chi connectivity index (χ3v) is 9.24. The molecule has 1 aromatic heterocycles. The second kappa shape index (κ2) is 10.3. The molecule has 1 N–H and O–H groups in total. The third-order valence-electron chi connectivity index (χ3n) is 7.13. The number of amides is 1. The lowest BCUT2D eigenvalue weighted by Crippen LogP contribution is -2.50. The first-order chi connectivity index (χ1) is 18.0. The monoisotopic (exact) mass is 566 g/mol. The van der Waals surface area contributed by atoms with Gasteiger partial charge in [-0.2, -0.15) is 4.98 Å². The Morgan fingerprint density at radius 1 is 1.13 bits per heavy atom. The van der Waals surface area contributed by atoms with Gasteiger partial charge in [-0.25, -0.2) is 22.1 Å². The molecule has 1 aliphatic carbocycles. The van der Waals surface area contributed by atoms with Gasteiger partial charge in [0.1, 0.15) is 24.1 Å². The summed E-state index contributed by atoms with van der Waals surface area (Å²) < 4.78 is 53.0. The minimum absolute atomic E-state index is 0.0209. The highest BCUT2D eigenvalue weighted by molar-refractivity contribution is 7.92. The van der Waals surface area contributed by atoms with E-state index in [0.29, 0.717) is 18.4 Å². The molecular weight excluding hydrogens is 539 g/mol. The van der Waals surface area contributed by atoms with Gasteiger partial charge in [0.2, 0.25) is 21.7 Å². The Hall–Kier alpha value is -2.99. The summed E-state index contributed by atoms with van der Waals surface area (Å²) in [5.74, 6) is -2.13. The Balaban J connectivity index is 1.56. The number of nitrogens with zero attached hydrogens (tertiary/aromatic N) is 3. The SMILES string of the molecule is CC(=O)C1CCCS(=O)(=O)N1c1nc2c(c(C(=O)NC(C)c3ccc(F)c(Cl)c3)n1)OC1CCCCC1O2. The molecule has 5 rings (SSSR count). The average Bonchev–Trinajstić information content (AvgIpc) is 2.87. The van der Waals surface area contributed by atoms with E-state index in [9.17, 15) is 22.4 Å². The van der Waals surface area contributed by atoms with Gasteiger partial charge in [0, 0.05) is 0 Å². The lowest BCUT2D eigenvalue weighted by molar-refractivity contribution is -0.118. The number of Topliss-reactive ketones (excluding diaryl/α,β-unsaturated/α-hetero) is 1. The fourth-order valence-corrected chi connectivity index (χ4v) is 7.00. The predicted octanol–water partition coefficient (Wildman–Crippen LogP) is 3.73. The number of ketones is 1. The van der Waals surface area contributed by atoms with Crippen molar-refractivity contribution in [2.24, 2.45) is 0 Å². The topological polar surface area (TPSA) is 128 Å². The molecule has 0 radical (unpaired) electrons. The summed E-state index contributed by atoms with van der Waals surface area (Å²) in [5.41, 5.74) is 0.338. The number of carbonyl (C=O) groups excluding carboxylic acids is 2. The zero-order valence-corrected chi connectivity index (χ0v) is 22.5. The lowest BCUT2D eigenvalue weighted by atomic mass is 9.94. The predicted molar refractivity (Wildman–Crippen MR) is 137 cm³/mol. The number of anilines is 1. The molecule has 4 unspecified atom stereocenters. The number of halogens is 2. The fourth-order valence-electron chi connectivity index (χ4n) is 5.12. The van der Waals surface area contributed by atoms with Gasteiger partial charge >= 0.3 is 0 Å². The molecule has 1 aromatic carbocycles. The highest BCUT2D eigenvalue weighted by atomic mass is 35.5. The van der Waals surface area contributed by atoms with Gasteiger partial charge in [-0.3, -0.25) is 9.59 Å². The maximum absolute atomic E-state index is 13.6. The van der Waals surface area contributed by atoms with E-state index in [2.05, 4.69) is 15.3 Å². The average molecular weight is 567 g/mol. The summed E-state index contributed by atoms with van der Waals surface area (Å²) in [5, 5.41) is 2.70. The molecular formula is C25H28ClFN4O6S. The molecule has 1 saturated carbocycles.